The van der Waals surface area contributed by atoms with Crippen LogP contribution in [0.1, 0.15) is 53.9 Å². The van der Waals surface area contributed by atoms with Crippen molar-refractivity contribution >= 4 is 11.9 Å². The Kier molecular flexibility index (Phi) is 7.58. The summed E-state index contributed by atoms with van der Waals surface area (Å²) in [5.74, 6) is -1.36. The van der Waals surface area contributed by atoms with Crippen molar-refractivity contribution in [2.75, 3.05) is 6.61 Å². The number of ether oxygens (including phenoxy) is 6. The van der Waals surface area contributed by atoms with Gasteiger partial charge in [0.15, 0.2) is 18.2 Å². The summed E-state index contributed by atoms with van der Waals surface area (Å²) in [5, 5.41) is 8.82. The molecule has 1 N–H and O–H groups in total. The third kappa shape index (κ3) is 6.39. The Hall–Kier alpha value is -1.26. The lowest BCUT2D eigenvalue weighted by molar-refractivity contribution is -0.207. The molecule has 9 heteroatoms. The van der Waals surface area contributed by atoms with E-state index >= 15 is 0 Å². The molecule has 0 saturated carbocycles. The SMILES string of the molecule is CC1(C)OC2CC(CO)OC2O1.CCC1CC(OC(C)=O)C(OC(C)=O)O1. The standard InChI is InChI=1S/C10H16O5.C8H14O4/c1-4-8-5-9(13-6(2)11)10(15-8)14-7(3)12;1-8(2)11-6-3-5(4-9)10-7(6)12-8/h8-10H,4-5H2,1-3H3;5-7,9H,3-4H2,1-2H3. The summed E-state index contributed by atoms with van der Waals surface area (Å²) in [4.78, 5) is 21.6. The molecule has 0 aromatic carbocycles. The monoisotopic (exact) mass is 390 g/mol. The smallest absolute Gasteiger partial charge is 0.305 e. The van der Waals surface area contributed by atoms with Gasteiger partial charge in [-0.15, -0.1) is 0 Å². The highest BCUT2D eigenvalue weighted by Crippen LogP contribution is 2.36. The Morgan fingerprint density at radius 2 is 1.70 bits per heavy atom. The summed E-state index contributed by atoms with van der Waals surface area (Å²) in [6.45, 7) is 8.36. The Bertz CT molecular complexity index is 481. The summed E-state index contributed by atoms with van der Waals surface area (Å²) in [6, 6.07) is 0. The van der Waals surface area contributed by atoms with E-state index in [0.29, 0.717) is 6.42 Å². The summed E-state index contributed by atoms with van der Waals surface area (Å²) in [6.07, 6.45) is 0.463. The molecule has 0 amide bonds. The van der Waals surface area contributed by atoms with Gasteiger partial charge < -0.3 is 33.5 Å². The highest BCUT2D eigenvalue weighted by molar-refractivity contribution is 5.67. The van der Waals surface area contributed by atoms with Crippen LogP contribution in [-0.2, 0) is 38.0 Å². The first kappa shape index (κ1) is 22.0. The number of fused-ring (bicyclic) bond motifs is 1. The number of aliphatic hydroxyl groups excluding tert-OH is 1. The van der Waals surface area contributed by atoms with Crippen molar-refractivity contribution in [1.29, 1.82) is 0 Å². The minimum Gasteiger partial charge on any atom is -0.456 e. The van der Waals surface area contributed by atoms with E-state index in [4.69, 9.17) is 33.5 Å². The first-order valence-corrected chi connectivity index (χ1v) is 9.25. The maximum atomic E-state index is 10.8. The molecule has 6 unspecified atom stereocenters. The van der Waals surface area contributed by atoms with Crippen LogP contribution in [0.25, 0.3) is 0 Å². The molecule has 9 nitrogen and oxygen atoms in total. The average Bonchev–Trinajstić information content (AvgIpc) is 3.17. The first-order chi connectivity index (χ1) is 12.6. The molecule has 3 fully saturated rings. The zero-order chi connectivity index (χ0) is 20.2. The molecule has 27 heavy (non-hydrogen) atoms. The van der Waals surface area contributed by atoms with E-state index in [1.54, 1.807) is 0 Å². The lowest BCUT2D eigenvalue weighted by atomic mass is 10.1. The van der Waals surface area contributed by atoms with Crippen LogP contribution in [0.4, 0.5) is 0 Å². The van der Waals surface area contributed by atoms with E-state index in [1.807, 2.05) is 20.8 Å². The van der Waals surface area contributed by atoms with Crippen molar-refractivity contribution in [3.05, 3.63) is 0 Å². The minimum absolute atomic E-state index is 0.00264. The van der Waals surface area contributed by atoms with Crippen LogP contribution in [0, 0.1) is 0 Å². The predicted octanol–water partition coefficient (Wildman–Crippen LogP) is 1.25. The summed E-state index contributed by atoms with van der Waals surface area (Å²) < 4.78 is 31.7. The van der Waals surface area contributed by atoms with E-state index in [-0.39, 0.29) is 31.2 Å². The largest absolute Gasteiger partial charge is 0.456 e. The zero-order valence-electron chi connectivity index (χ0n) is 16.5. The number of carbonyl (C=O) groups is 2. The number of esters is 2. The van der Waals surface area contributed by atoms with Gasteiger partial charge in [0.2, 0.25) is 6.29 Å². The van der Waals surface area contributed by atoms with Gasteiger partial charge in [-0.3, -0.25) is 9.59 Å². The van der Waals surface area contributed by atoms with Crippen LogP contribution in [0.3, 0.4) is 0 Å². The Morgan fingerprint density at radius 1 is 1.04 bits per heavy atom. The van der Waals surface area contributed by atoms with E-state index < -0.39 is 30.1 Å². The minimum atomic E-state index is -0.753. The number of hydrogen-bond acceptors (Lipinski definition) is 9. The zero-order valence-corrected chi connectivity index (χ0v) is 16.5. The molecule has 0 aromatic rings. The van der Waals surface area contributed by atoms with Gasteiger partial charge in [0.05, 0.1) is 18.8 Å². The summed E-state index contributed by atoms with van der Waals surface area (Å²) in [5.41, 5.74) is 0. The number of hydrogen-bond donors (Lipinski definition) is 1. The normalized spacial score (nSPS) is 36.5. The maximum absolute atomic E-state index is 10.8. The number of aliphatic hydroxyl groups is 1. The third-order valence-electron chi connectivity index (χ3n) is 4.34. The topological polar surface area (TPSA) is 110 Å². The fourth-order valence-corrected chi connectivity index (χ4v) is 3.25. The maximum Gasteiger partial charge on any atom is 0.305 e. The van der Waals surface area contributed by atoms with Gasteiger partial charge >= 0.3 is 11.9 Å². The van der Waals surface area contributed by atoms with Crippen molar-refractivity contribution in [2.24, 2.45) is 0 Å². The van der Waals surface area contributed by atoms with Gasteiger partial charge in [-0.1, -0.05) is 6.92 Å². The molecule has 0 radical (unpaired) electrons. The van der Waals surface area contributed by atoms with Crippen molar-refractivity contribution in [3.8, 4) is 0 Å². The molecule has 3 aliphatic rings. The van der Waals surface area contributed by atoms with Gasteiger partial charge in [-0.25, -0.2) is 0 Å². The molecular weight excluding hydrogens is 360 g/mol. The van der Waals surface area contributed by atoms with Crippen LogP contribution in [-0.4, -0.2) is 66.4 Å². The highest BCUT2D eigenvalue weighted by atomic mass is 16.8. The quantitative estimate of drug-likeness (QED) is 0.709. The van der Waals surface area contributed by atoms with Crippen LogP contribution in [0.2, 0.25) is 0 Å². The average molecular weight is 390 g/mol. The molecule has 0 aromatic heterocycles. The molecule has 3 saturated heterocycles. The van der Waals surface area contributed by atoms with Crippen LogP contribution in [0.5, 0.6) is 0 Å². The van der Waals surface area contributed by atoms with Gasteiger partial charge in [0, 0.05) is 26.7 Å². The van der Waals surface area contributed by atoms with Crippen molar-refractivity contribution in [1.82, 2.24) is 0 Å². The van der Waals surface area contributed by atoms with Crippen LogP contribution >= 0.6 is 0 Å². The van der Waals surface area contributed by atoms with Crippen molar-refractivity contribution < 1.29 is 43.1 Å². The van der Waals surface area contributed by atoms with Gasteiger partial charge in [-0.05, 0) is 20.3 Å². The van der Waals surface area contributed by atoms with Crippen molar-refractivity contribution in [3.63, 3.8) is 0 Å². The van der Waals surface area contributed by atoms with E-state index in [1.165, 1.54) is 13.8 Å². The molecule has 3 aliphatic heterocycles. The summed E-state index contributed by atoms with van der Waals surface area (Å²) >= 11 is 0. The molecule has 3 rings (SSSR count). The highest BCUT2D eigenvalue weighted by Gasteiger charge is 2.48. The lowest BCUT2D eigenvalue weighted by Gasteiger charge is -2.19. The lowest BCUT2D eigenvalue weighted by Crippen LogP contribution is -2.30. The Labute approximate surface area is 159 Å². The van der Waals surface area contributed by atoms with E-state index in [2.05, 4.69) is 0 Å². The van der Waals surface area contributed by atoms with Gasteiger partial charge in [-0.2, -0.15) is 0 Å². The fraction of sp³-hybridized carbons (Fsp3) is 0.889. The molecule has 0 bridgehead atoms. The van der Waals surface area contributed by atoms with Crippen LogP contribution in [0.15, 0.2) is 0 Å². The van der Waals surface area contributed by atoms with E-state index in [0.717, 1.165) is 12.8 Å². The predicted molar refractivity (Wildman–Crippen MR) is 91.3 cm³/mol. The molecule has 156 valence electrons. The van der Waals surface area contributed by atoms with Gasteiger partial charge in [0.25, 0.3) is 0 Å². The second kappa shape index (κ2) is 9.29. The first-order valence-electron chi connectivity index (χ1n) is 9.25. The molecular formula is C18H30O9. The second-order valence-corrected chi connectivity index (χ2v) is 7.25. The third-order valence-corrected chi connectivity index (χ3v) is 4.34. The van der Waals surface area contributed by atoms with Gasteiger partial charge in [0.1, 0.15) is 6.10 Å². The Morgan fingerprint density at radius 3 is 2.22 bits per heavy atom. The molecule has 0 aliphatic carbocycles. The van der Waals surface area contributed by atoms with Crippen LogP contribution < -0.4 is 0 Å². The molecule has 6 atom stereocenters. The van der Waals surface area contributed by atoms with Crippen molar-refractivity contribution in [2.45, 2.75) is 96.7 Å². The Balaban J connectivity index is 0.000000198. The number of rotatable bonds is 4. The molecule has 3 heterocycles. The fourth-order valence-electron chi connectivity index (χ4n) is 3.25. The van der Waals surface area contributed by atoms with E-state index in [9.17, 15) is 9.59 Å². The summed E-state index contributed by atoms with van der Waals surface area (Å²) in [7, 11) is 0. The number of carbonyl (C=O) groups excluding carboxylic acids is 2. The molecule has 0 spiro atoms. The second-order valence-electron chi connectivity index (χ2n) is 7.25.